The minimum atomic E-state index is -0.252. The minimum absolute atomic E-state index is 0.186. The van der Waals surface area contributed by atoms with Gasteiger partial charge in [-0.05, 0) is 73.6 Å². The number of hydrogen-bond donors (Lipinski definition) is 1. The van der Waals surface area contributed by atoms with Crippen LogP contribution in [0.1, 0.15) is 53.1 Å². The standard InChI is InChI=1S/C25H26N4O2/c1-15-11-17(3)19(12-16(15)2)13-31-20-9-7-18(8-10-20)24-23-21(5-4-6-22(23)30)28-25-26-14-27-29(24)25/h7-12,14,24H,4-6,13H2,1-3H3,(H,26,27,28). The highest BCUT2D eigenvalue weighted by atomic mass is 16.5. The number of aromatic nitrogens is 3. The summed E-state index contributed by atoms with van der Waals surface area (Å²) in [5.41, 5.74) is 7.80. The van der Waals surface area contributed by atoms with Gasteiger partial charge in [-0.15, -0.1) is 0 Å². The number of anilines is 1. The maximum absolute atomic E-state index is 12.8. The Morgan fingerprint density at radius 2 is 1.84 bits per heavy atom. The van der Waals surface area contributed by atoms with Crippen molar-refractivity contribution in [2.45, 2.75) is 52.7 Å². The molecule has 0 saturated carbocycles. The average molecular weight is 415 g/mol. The van der Waals surface area contributed by atoms with E-state index in [-0.39, 0.29) is 11.8 Å². The number of ketones is 1. The Kier molecular flexibility index (Phi) is 4.85. The van der Waals surface area contributed by atoms with E-state index < -0.39 is 0 Å². The van der Waals surface area contributed by atoms with Crippen molar-refractivity contribution >= 4 is 11.7 Å². The maximum Gasteiger partial charge on any atom is 0.226 e. The van der Waals surface area contributed by atoms with Crippen molar-refractivity contribution in [3.63, 3.8) is 0 Å². The van der Waals surface area contributed by atoms with Gasteiger partial charge in [0.2, 0.25) is 5.95 Å². The first-order valence-corrected chi connectivity index (χ1v) is 10.7. The molecule has 2 aliphatic rings. The summed E-state index contributed by atoms with van der Waals surface area (Å²) in [4.78, 5) is 17.1. The average Bonchev–Trinajstić information content (AvgIpc) is 3.23. The van der Waals surface area contributed by atoms with Crippen LogP contribution in [0.5, 0.6) is 5.75 Å². The van der Waals surface area contributed by atoms with Crippen LogP contribution in [0.15, 0.2) is 54.0 Å². The van der Waals surface area contributed by atoms with Crippen molar-refractivity contribution in [3.8, 4) is 5.75 Å². The van der Waals surface area contributed by atoms with Crippen LogP contribution in [0.2, 0.25) is 0 Å². The van der Waals surface area contributed by atoms with Gasteiger partial charge in [0, 0.05) is 17.7 Å². The largest absolute Gasteiger partial charge is 0.489 e. The van der Waals surface area contributed by atoms with E-state index in [0.29, 0.717) is 19.0 Å². The molecule has 0 bridgehead atoms. The van der Waals surface area contributed by atoms with Crippen molar-refractivity contribution in [1.29, 1.82) is 0 Å². The molecule has 6 heteroatoms. The summed E-state index contributed by atoms with van der Waals surface area (Å²) in [5.74, 6) is 1.67. The van der Waals surface area contributed by atoms with E-state index in [1.165, 1.54) is 28.6 Å². The molecule has 158 valence electrons. The molecule has 1 aliphatic carbocycles. The summed E-state index contributed by atoms with van der Waals surface area (Å²) < 4.78 is 7.87. The molecule has 2 aromatic carbocycles. The second-order valence-corrected chi connectivity index (χ2v) is 8.45. The van der Waals surface area contributed by atoms with E-state index in [1.807, 2.05) is 24.3 Å². The molecule has 0 spiro atoms. The van der Waals surface area contributed by atoms with Crippen LogP contribution in [0.25, 0.3) is 0 Å². The van der Waals surface area contributed by atoms with Crippen LogP contribution in [-0.4, -0.2) is 20.5 Å². The number of nitrogens with zero attached hydrogens (tertiary/aromatic N) is 3. The molecule has 0 amide bonds. The van der Waals surface area contributed by atoms with Gasteiger partial charge in [-0.3, -0.25) is 4.79 Å². The SMILES string of the molecule is Cc1cc(C)c(COc2ccc(C3C4=C(CCCC4=O)Nc4ncnn43)cc2)cc1C. The van der Waals surface area contributed by atoms with E-state index in [2.05, 4.69) is 48.3 Å². The lowest BCUT2D eigenvalue weighted by Gasteiger charge is -2.32. The molecule has 1 aliphatic heterocycles. The quantitative estimate of drug-likeness (QED) is 0.664. The van der Waals surface area contributed by atoms with Gasteiger partial charge in [0.25, 0.3) is 0 Å². The molecule has 1 aromatic heterocycles. The molecule has 3 aromatic rings. The normalized spacial score (nSPS) is 17.8. The molecule has 1 atom stereocenters. The molecule has 0 radical (unpaired) electrons. The number of rotatable bonds is 4. The third-order valence-corrected chi connectivity index (χ3v) is 6.35. The third-order valence-electron chi connectivity index (χ3n) is 6.35. The van der Waals surface area contributed by atoms with E-state index in [0.717, 1.165) is 35.4 Å². The second-order valence-electron chi connectivity index (χ2n) is 8.45. The number of ether oxygens (including phenoxy) is 1. The number of benzene rings is 2. The molecule has 2 heterocycles. The summed E-state index contributed by atoms with van der Waals surface area (Å²) in [6, 6.07) is 12.1. The Labute approximate surface area is 182 Å². The summed E-state index contributed by atoms with van der Waals surface area (Å²) in [6.07, 6.45) is 3.84. The maximum atomic E-state index is 12.8. The van der Waals surface area contributed by atoms with Gasteiger partial charge in [0.05, 0.1) is 0 Å². The van der Waals surface area contributed by atoms with Crippen LogP contribution < -0.4 is 10.1 Å². The lowest BCUT2D eigenvalue weighted by molar-refractivity contribution is -0.116. The first kappa shape index (κ1) is 19.5. The van der Waals surface area contributed by atoms with Gasteiger partial charge in [-0.1, -0.05) is 24.3 Å². The van der Waals surface area contributed by atoms with Crippen molar-refractivity contribution in [3.05, 3.63) is 81.8 Å². The van der Waals surface area contributed by atoms with Crippen LogP contribution in [0.3, 0.4) is 0 Å². The number of Topliss-reactive ketones (excluding diaryl/α,β-unsaturated/α-hetero) is 1. The highest BCUT2D eigenvalue weighted by Gasteiger charge is 2.35. The number of aryl methyl sites for hydroxylation is 3. The van der Waals surface area contributed by atoms with Gasteiger partial charge in [-0.25, -0.2) is 4.68 Å². The summed E-state index contributed by atoms with van der Waals surface area (Å²) >= 11 is 0. The summed E-state index contributed by atoms with van der Waals surface area (Å²) in [6.45, 7) is 6.90. The Bertz CT molecular complexity index is 1190. The van der Waals surface area contributed by atoms with E-state index >= 15 is 0 Å². The van der Waals surface area contributed by atoms with Crippen LogP contribution in [0.4, 0.5) is 5.95 Å². The van der Waals surface area contributed by atoms with E-state index in [9.17, 15) is 4.79 Å². The topological polar surface area (TPSA) is 69.0 Å². The Morgan fingerprint density at radius 1 is 1.06 bits per heavy atom. The first-order valence-electron chi connectivity index (χ1n) is 10.7. The molecule has 5 rings (SSSR count). The number of carbonyl (C=O) groups excluding carboxylic acids is 1. The lowest BCUT2D eigenvalue weighted by atomic mass is 9.85. The van der Waals surface area contributed by atoms with Crippen molar-refractivity contribution in [2.75, 3.05) is 5.32 Å². The predicted molar refractivity (Wildman–Crippen MR) is 119 cm³/mol. The van der Waals surface area contributed by atoms with Gasteiger partial charge < -0.3 is 10.1 Å². The number of fused-ring (bicyclic) bond motifs is 1. The van der Waals surface area contributed by atoms with Crippen LogP contribution in [-0.2, 0) is 11.4 Å². The fourth-order valence-corrected chi connectivity index (χ4v) is 4.49. The number of carbonyl (C=O) groups is 1. The number of nitrogens with one attached hydrogen (secondary N) is 1. The molecule has 1 unspecified atom stereocenters. The fourth-order valence-electron chi connectivity index (χ4n) is 4.49. The summed E-state index contributed by atoms with van der Waals surface area (Å²) in [5, 5.41) is 7.68. The molecule has 1 N–H and O–H groups in total. The van der Waals surface area contributed by atoms with Crippen molar-refractivity contribution < 1.29 is 9.53 Å². The highest BCUT2D eigenvalue weighted by Crippen LogP contribution is 2.39. The van der Waals surface area contributed by atoms with Crippen molar-refractivity contribution in [1.82, 2.24) is 14.8 Å². The third kappa shape index (κ3) is 3.52. The second kappa shape index (κ2) is 7.69. The number of hydrogen-bond acceptors (Lipinski definition) is 5. The monoisotopic (exact) mass is 414 g/mol. The first-order chi connectivity index (χ1) is 15.0. The van der Waals surface area contributed by atoms with Gasteiger partial charge in [0.1, 0.15) is 24.7 Å². The van der Waals surface area contributed by atoms with Crippen molar-refractivity contribution in [2.24, 2.45) is 0 Å². The van der Waals surface area contributed by atoms with E-state index in [1.54, 1.807) is 4.68 Å². The smallest absolute Gasteiger partial charge is 0.226 e. The fraction of sp³-hybridized carbons (Fsp3) is 0.320. The lowest BCUT2D eigenvalue weighted by Crippen LogP contribution is -2.31. The van der Waals surface area contributed by atoms with Gasteiger partial charge in [0.15, 0.2) is 5.78 Å². The predicted octanol–water partition coefficient (Wildman–Crippen LogP) is 4.80. The molecular weight excluding hydrogens is 388 g/mol. The summed E-state index contributed by atoms with van der Waals surface area (Å²) in [7, 11) is 0. The zero-order chi connectivity index (χ0) is 21.5. The zero-order valence-electron chi connectivity index (χ0n) is 18.1. The van der Waals surface area contributed by atoms with Crippen LogP contribution >= 0.6 is 0 Å². The Balaban J connectivity index is 1.40. The number of allylic oxidation sites excluding steroid dienone is 2. The Morgan fingerprint density at radius 3 is 2.65 bits per heavy atom. The molecule has 0 fully saturated rings. The molecule has 0 saturated heterocycles. The minimum Gasteiger partial charge on any atom is -0.489 e. The van der Waals surface area contributed by atoms with Crippen LogP contribution in [0, 0.1) is 20.8 Å². The molecule has 6 nitrogen and oxygen atoms in total. The molecular formula is C25H26N4O2. The Hall–Kier alpha value is -3.41. The van der Waals surface area contributed by atoms with Gasteiger partial charge >= 0.3 is 0 Å². The highest BCUT2D eigenvalue weighted by molar-refractivity contribution is 5.99. The zero-order valence-corrected chi connectivity index (χ0v) is 18.1. The van der Waals surface area contributed by atoms with Gasteiger partial charge in [-0.2, -0.15) is 10.1 Å². The molecule has 31 heavy (non-hydrogen) atoms. The van der Waals surface area contributed by atoms with E-state index in [4.69, 9.17) is 4.74 Å².